The smallest absolute Gasteiger partial charge is 0.416 e. The van der Waals surface area contributed by atoms with Crippen molar-refractivity contribution in [2.75, 3.05) is 63.6 Å². The Bertz CT molecular complexity index is 1830. The van der Waals surface area contributed by atoms with E-state index in [1.54, 1.807) is 17.8 Å². The predicted molar refractivity (Wildman–Crippen MR) is 219 cm³/mol. The number of carbonyl (C=O) groups is 1. The van der Waals surface area contributed by atoms with Gasteiger partial charge in [0.15, 0.2) is 0 Å². The molecule has 1 amide bonds. The molecule has 10 heteroatoms. The molecule has 55 heavy (non-hydrogen) atoms. The van der Waals surface area contributed by atoms with Crippen LogP contribution in [0.1, 0.15) is 69.8 Å². The predicted octanol–water partition coefficient (Wildman–Crippen LogP) is 11.9. The van der Waals surface area contributed by atoms with Crippen molar-refractivity contribution in [3.05, 3.63) is 103 Å². The van der Waals surface area contributed by atoms with Crippen LogP contribution in [0.25, 0.3) is 11.1 Å². The van der Waals surface area contributed by atoms with Crippen LogP contribution in [-0.2, 0) is 10.9 Å². The summed E-state index contributed by atoms with van der Waals surface area (Å²) in [5, 5.41) is 2.97. The van der Waals surface area contributed by atoms with Crippen molar-refractivity contribution < 1.29 is 27.2 Å². The molecule has 0 unspecified atom stereocenters. The number of hydrogen-bond donors (Lipinski definition) is 1. The van der Waals surface area contributed by atoms with Crippen molar-refractivity contribution in [1.82, 2.24) is 4.90 Å². The zero-order chi connectivity index (χ0) is 38.7. The lowest BCUT2D eigenvalue weighted by atomic mass is 10.0. The van der Waals surface area contributed by atoms with Gasteiger partial charge in [-0.25, -0.2) is 4.79 Å². The SMILES string of the molecule is C[N+](C)(CCCCCCCCCN1CCC(OC(=O)Nc2ccccc2-c2ccccc2)CC1)CCCN1c2ccccc2Sc2ccc(C(F)(F)F)cc21. The van der Waals surface area contributed by atoms with Crippen molar-refractivity contribution in [2.45, 2.75) is 86.3 Å². The third-order valence-electron chi connectivity index (χ3n) is 10.9. The number of carbonyl (C=O) groups excluding carboxylic acids is 1. The molecule has 6 nitrogen and oxygen atoms in total. The zero-order valence-corrected chi connectivity index (χ0v) is 33.1. The van der Waals surface area contributed by atoms with E-state index in [1.807, 2.05) is 78.9 Å². The number of fused-ring (bicyclic) bond motifs is 2. The van der Waals surface area contributed by atoms with E-state index in [-0.39, 0.29) is 12.2 Å². The second-order valence-electron chi connectivity index (χ2n) is 15.6. The first kappa shape index (κ1) is 40.7. The number of benzene rings is 4. The monoisotopic (exact) mass is 773 g/mol. The number of rotatable bonds is 17. The van der Waals surface area contributed by atoms with Crippen LogP contribution in [0.3, 0.4) is 0 Å². The maximum Gasteiger partial charge on any atom is 0.416 e. The summed E-state index contributed by atoms with van der Waals surface area (Å²) in [5.74, 6) is 0. The van der Waals surface area contributed by atoms with Gasteiger partial charge in [-0.05, 0) is 80.6 Å². The molecule has 2 heterocycles. The molecular weight excluding hydrogens is 718 g/mol. The molecule has 0 aliphatic carbocycles. The van der Waals surface area contributed by atoms with E-state index in [2.05, 4.69) is 29.2 Å². The van der Waals surface area contributed by atoms with Gasteiger partial charge in [0, 0.05) is 41.4 Å². The van der Waals surface area contributed by atoms with Gasteiger partial charge in [0.1, 0.15) is 6.10 Å². The van der Waals surface area contributed by atoms with Crippen molar-refractivity contribution in [3.8, 4) is 11.1 Å². The number of halogens is 3. The Hall–Kier alpha value is -3.99. The second kappa shape index (κ2) is 19.2. The third kappa shape index (κ3) is 11.8. The number of likely N-dealkylation sites (tertiary alicyclic amines) is 1. The van der Waals surface area contributed by atoms with Crippen molar-refractivity contribution in [2.24, 2.45) is 0 Å². The number of hydrogen-bond acceptors (Lipinski definition) is 5. The number of nitrogens with one attached hydrogen (secondary N) is 1. The molecule has 1 N–H and O–H groups in total. The van der Waals surface area contributed by atoms with Crippen LogP contribution in [0.15, 0.2) is 107 Å². The summed E-state index contributed by atoms with van der Waals surface area (Å²) in [5.41, 5.74) is 3.84. The number of quaternary nitrogens is 1. The minimum atomic E-state index is -4.36. The maximum atomic E-state index is 13.6. The third-order valence-corrected chi connectivity index (χ3v) is 12.0. The molecule has 0 atom stereocenters. The summed E-state index contributed by atoms with van der Waals surface area (Å²) >= 11 is 1.54. The Morgan fingerprint density at radius 3 is 2.15 bits per heavy atom. The molecule has 1 saturated heterocycles. The second-order valence-corrected chi connectivity index (χ2v) is 16.7. The molecular formula is C45H56F3N4O2S+. The average molecular weight is 774 g/mol. The molecule has 0 radical (unpaired) electrons. The van der Waals surface area contributed by atoms with E-state index in [9.17, 15) is 18.0 Å². The molecule has 2 aliphatic heterocycles. The van der Waals surface area contributed by atoms with E-state index in [0.29, 0.717) is 12.2 Å². The molecule has 0 bridgehead atoms. The molecule has 294 valence electrons. The van der Waals surface area contributed by atoms with Gasteiger partial charge in [0.25, 0.3) is 0 Å². The number of anilines is 3. The van der Waals surface area contributed by atoms with Gasteiger partial charge in [-0.15, -0.1) is 0 Å². The number of para-hydroxylation sites is 2. The average Bonchev–Trinajstić information content (AvgIpc) is 3.17. The number of alkyl halides is 3. The van der Waals surface area contributed by atoms with Crippen LogP contribution in [0, 0.1) is 0 Å². The van der Waals surface area contributed by atoms with E-state index in [1.165, 1.54) is 57.1 Å². The van der Waals surface area contributed by atoms with Gasteiger partial charge < -0.3 is 19.0 Å². The molecule has 1 fully saturated rings. The highest BCUT2D eigenvalue weighted by Gasteiger charge is 2.33. The normalized spacial score (nSPS) is 15.0. The van der Waals surface area contributed by atoms with E-state index in [4.69, 9.17) is 4.74 Å². The quantitative estimate of drug-likeness (QED) is 0.0855. The van der Waals surface area contributed by atoms with Crippen LogP contribution in [0.5, 0.6) is 0 Å². The van der Waals surface area contributed by atoms with Crippen LogP contribution in [-0.4, -0.2) is 74.9 Å². The number of nitrogens with zero attached hydrogens (tertiary/aromatic N) is 3. The number of piperidine rings is 1. The Labute approximate surface area is 329 Å². The van der Waals surface area contributed by atoms with E-state index >= 15 is 0 Å². The van der Waals surface area contributed by atoms with Crippen LogP contribution < -0.4 is 10.2 Å². The Kier molecular flexibility index (Phi) is 14.2. The lowest BCUT2D eigenvalue weighted by Crippen LogP contribution is -2.42. The number of unbranched alkanes of at least 4 members (excludes halogenated alkanes) is 6. The van der Waals surface area contributed by atoms with Crippen LogP contribution in [0.2, 0.25) is 0 Å². The number of amides is 1. The highest BCUT2D eigenvalue weighted by atomic mass is 32.2. The Morgan fingerprint density at radius 1 is 0.745 bits per heavy atom. The minimum Gasteiger partial charge on any atom is -0.446 e. The highest BCUT2D eigenvalue weighted by Crippen LogP contribution is 2.49. The summed E-state index contributed by atoms with van der Waals surface area (Å²) in [6, 6.07) is 30.0. The van der Waals surface area contributed by atoms with Crippen molar-refractivity contribution >= 4 is 34.9 Å². The number of ether oxygens (including phenoxy) is 1. The summed E-state index contributed by atoms with van der Waals surface area (Å²) in [7, 11) is 4.54. The standard InChI is InChI=1S/C45H55F3N4O2S/c1-52(2,33-17-29-51-40-22-13-14-23-42(40)55-43-25-24-36(34-41(43)51)45(46,47)48)32-16-7-5-3-4-6-15-28-50-30-26-37(27-31-50)54-44(53)49-39-21-12-11-20-38(39)35-18-9-8-10-19-35/h8-14,18-25,34,37H,3-7,15-17,26-33H2,1-2H3/p+1. The molecule has 6 rings (SSSR count). The lowest BCUT2D eigenvalue weighted by molar-refractivity contribution is -0.890. The summed E-state index contributed by atoms with van der Waals surface area (Å²) in [6.07, 6.45) is 6.45. The topological polar surface area (TPSA) is 44.8 Å². The van der Waals surface area contributed by atoms with Crippen molar-refractivity contribution in [3.63, 3.8) is 0 Å². The fraction of sp³-hybridized carbons (Fsp3) is 0.444. The molecule has 2 aliphatic rings. The molecule has 4 aromatic rings. The summed E-state index contributed by atoms with van der Waals surface area (Å²) in [6.45, 7) is 5.78. The largest absolute Gasteiger partial charge is 0.446 e. The summed E-state index contributed by atoms with van der Waals surface area (Å²) < 4.78 is 47.5. The highest BCUT2D eigenvalue weighted by molar-refractivity contribution is 7.99. The first-order valence-electron chi connectivity index (χ1n) is 20.0. The van der Waals surface area contributed by atoms with Gasteiger partial charge in [0.2, 0.25) is 0 Å². The Morgan fingerprint density at radius 2 is 1.38 bits per heavy atom. The van der Waals surface area contributed by atoms with E-state index < -0.39 is 11.7 Å². The van der Waals surface area contributed by atoms with Crippen LogP contribution >= 0.6 is 11.8 Å². The van der Waals surface area contributed by atoms with Gasteiger partial charge >= 0.3 is 12.3 Å². The minimum absolute atomic E-state index is 0.0530. The van der Waals surface area contributed by atoms with Gasteiger partial charge in [-0.3, -0.25) is 5.32 Å². The fourth-order valence-corrected chi connectivity index (χ4v) is 8.85. The maximum absolute atomic E-state index is 13.6. The Balaban J connectivity index is 0.814. The first-order chi connectivity index (χ1) is 26.6. The van der Waals surface area contributed by atoms with Gasteiger partial charge in [-0.2, -0.15) is 13.2 Å². The van der Waals surface area contributed by atoms with Crippen molar-refractivity contribution in [1.29, 1.82) is 0 Å². The van der Waals surface area contributed by atoms with Crippen LogP contribution in [0.4, 0.5) is 35.0 Å². The molecule has 0 saturated carbocycles. The van der Waals surface area contributed by atoms with E-state index in [0.717, 1.165) is 88.8 Å². The van der Waals surface area contributed by atoms with Gasteiger partial charge in [-0.1, -0.05) is 98.1 Å². The fourth-order valence-electron chi connectivity index (χ4n) is 7.78. The molecule has 0 spiro atoms. The zero-order valence-electron chi connectivity index (χ0n) is 32.3. The lowest BCUT2D eigenvalue weighted by Gasteiger charge is -2.35. The summed E-state index contributed by atoms with van der Waals surface area (Å²) in [4.78, 5) is 19.3. The first-order valence-corrected chi connectivity index (χ1v) is 20.8. The molecule has 4 aromatic carbocycles. The molecule has 0 aromatic heterocycles. The van der Waals surface area contributed by atoms with Gasteiger partial charge in [0.05, 0.1) is 49.8 Å².